The van der Waals surface area contributed by atoms with E-state index in [1.54, 1.807) is 6.08 Å². The Balaban J connectivity index is 3.64. The van der Waals surface area contributed by atoms with Crippen molar-refractivity contribution in [2.24, 2.45) is 0 Å². The molecule has 0 bridgehead atoms. The van der Waals surface area contributed by atoms with E-state index in [9.17, 15) is 20.1 Å². The minimum atomic E-state index is -1.11. The molecule has 0 aliphatic heterocycles. The number of aliphatic hydroxyl groups is 3. The van der Waals surface area contributed by atoms with Crippen LogP contribution in [0.1, 0.15) is 277 Å². The summed E-state index contributed by atoms with van der Waals surface area (Å²) in [5.41, 5.74) is 0. The van der Waals surface area contributed by atoms with Crippen molar-refractivity contribution >= 4 is 5.91 Å². The molecule has 0 heterocycles. The number of nitrogens with one attached hydrogen (secondary N) is 1. The average Bonchev–Trinajstić information content (AvgIpc) is 3.24. The molecular formula is C54H103NO4. The summed E-state index contributed by atoms with van der Waals surface area (Å²) >= 11 is 0. The normalized spacial score (nSPS) is 13.6. The quantitative estimate of drug-likeness (QED) is 0.0363. The van der Waals surface area contributed by atoms with Crippen LogP contribution in [0.5, 0.6) is 0 Å². The van der Waals surface area contributed by atoms with Crippen molar-refractivity contribution in [1.82, 2.24) is 5.32 Å². The summed E-state index contributed by atoms with van der Waals surface area (Å²) in [5, 5.41) is 33.3. The van der Waals surface area contributed by atoms with E-state index in [2.05, 4.69) is 43.5 Å². The first-order chi connectivity index (χ1) is 29.1. The molecule has 0 rings (SSSR count). The minimum Gasteiger partial charge on any atom is -0.394 e. The zero-order valence-corrected chi connectivity index (χ0v) is 39.6. The van der Waals surface area contributed by atoms with Crippen LogP contribution in [-0.2, 0) is 4.79 Å². The number of aliphatic hydroxyl groups excluding tert-OH is 3. The van der Waals surface area contributed by atoms with Crippen LogP contribution in [0.3, 0.4) is 0 Å². The monoisotopic (exact) mass is 830 g/mol. The minimum absolute atomic E-state index is 0.377. The van der Waals surface area contributed by atoms with Gasteiger partial charge in [0.2, 0.25) is 5.91 Å². The van der Waals surface area contributed by atoms with Crippen molar-refractivity contribution < 1.29 is 20.1 Å². The molecule has 3 unspecified atom stereocenters. The zero-order valence-electron chi connectivity index (χ0n) is 39.6. The Hall–Kier alpha value is -1.43. The number of rotatable bonds is 48. The smallest absolute Gasteiger partial charge is 0.249 e. The lowest BCUT2D eigenvalue weighted by molar-refractivity contribution is -0.131. The number of carbonyl (C=O) groups is 1. The predicted octanol–water partition coefficient (Wildman–Crippen LogP) is 15.9. The molecule has 348 valence electrons. The molecule has 0 spiro atoms. The Bertz CT molecular complexity index is 916. The third-order valence-electron chi connectivity index (χ3n) is 12.2. The topological polar surface area (TPSA) is 89.8 Å². The van der Waals surface area contributed by atoms with E-state index in [-0.39, 0.29) is 6.61 Å². The van der Waals surface area contributed by atoms with Gasteiger partial charge in [-0.25, -0.2) is 0 Å². The Morgan fingerprint density at radius 2 is 0.695 bits per heavy atom. The van der Waals surface area contributed by atoms with E-state index < -0.39 is 24.2 Å². The van der Waals surface area contributed by atoms with Crippen molar-refractivity contribution in [3.63, 3.8) is 0 Å². The molecule has 0 saturated heterocycles. The van der Waals surface area contributed by atoms with Gasteiger partial charge in [-0.3, -0.25) is 4.79 Å². The standard InChI is InChI=1S/C54H103NO4/c1-3-5-7-9-11-13-15-17-19-21-23-25-26-27-28-29-31-32-34-36-38-40-42-44-46-48-52(57)51(50-56)55-54(59)53(58)49-47-45-43-41-39-37-35-33-30-24-22-20-18-16-14-12-10-8-6-4-2/h30,33,38,40,46,48,51-53,56-58H,3-29,31-32,34-37,39,41-45,47,49-50H2,1-2H3,(H,55,59)/b33-30-,40-38+,48-46+. The molecule has 5 nitrogen and oxygen atoms in total. The van der Waals surface area contributed by atoms with Crippen molar-refractivity contribution in [2.45, 2.75) is 295 Å². The molecule has 59 heavy (non-hydrogen) atoms. The first kappa shape index (κ1) is 57.6. The number of amides is 1. The third-order valence-corrected chi connectivity index (χ3v) is 12.2. The van der Waals surface area contributed by atoms with Gasteiger partial charge in [-0.05, 0) is 57.8 Å². The molecule has 5 heteroatoms. The fourth-order valence-electron chi connectivity index (χ4n) is 8.08. The lowest BCUT2D eigenvalue weighted by Gasteiger charge is -2.21. The van der Waals surface area contributed by atoms with Crippen molar-refractivity contribution in [2.75, 3.05) is 6.61 Å². The van der Waals surface area contributed by atoms with E-state index in [1.165, 1.54) is 218 Å². The van der Waals surface area contributed by atoms with Crippen LogP contribution in [0, 0.1) is 0 Å². The molecule has 0 aliphatic carbocycles. The number of hydrogen-bond acceptors (Lipinski definition) is 4. The Labute approximate surface area is 368 Å². The van der Waals surface area contributed by atoms with Crippen LogP contribution < -0.4 is 5.32 Å². The summed E-state index contributed by atoms with van der Waals surface area (Å²) in [4.78, 5) is 12.5. The SMILES string of the molecule is CCCCCCCCCCCC/C=C\CCCCCCCCC(O)C(=O)NC(CO)C(O)/C=C/CC/C=C/CCCCCCCCCCCCCCCCCCCCC. The summed E-state index contributed by atoms with van der Waals surface area (Å²) in [7, 11) is 0. The Morgan fingerprint density at radius 3 is 1.03 bits per heavy atom. The fourth-order valence-corrected chi connectivity index (χ4v) is 8.08. The average molecular weight is 830 g/mol. The lowest BCUT2D eigenvalue weighted by Crippen LogP contribution is -2.48. The van der Waals surface area contributed by atoms with Crippen molar-refractivity contribution in [3.05, 3.63) is 36.5 Å². The molecule has 0 fully saturated rings. The number of unbranched alkanes of at least 4 members (excludes halogenated alkanes) is 36. The number of hydrogen-bond donors (Lipinski definition) is 4. The first-order valence-electron chi connectivity index (χ1n) is 26.3. The van der Waals surface area contributed by atoms with E-state index in [1.807, 2.05) is 6.08 Å². The molecule has 0 aromatic rings. The van der Waals surface area contributed by atoms with Crippen LogP contribution in [-0.4, -0.2) is 46.1 Å². The van der Waals surface area contributed by atoms with E-state index in [4.69, 9.17) is 0 Å². The van der Waals surface area contributed by atoms with Crippen LogP contribution in [0.4, 0.5) is 0 Å². The molecule has 3 atom stereocenters. The molecule has 0 aromatic heterocycles. The maximum absolute atomic E-state index is 12.5. The molecule has 1 amide bonds. The molecule has 0 aromatic carbocycles. The van der Waals surface area contributed by atoms with E-state index >= 15 is 0 Å². The van der Waals surface area contributed by atoms with Gasteiger partial charge in [0.05, 0.1) is 18.8 Å². The van der Waals surface area contributed by atoms with Gasteiger partial charge >= 0.3 is 0 Å². The van der Waals surface area contributed by atoms with Crippen LogP contribution in [0.25, 0.3) is 0 Å². The second-order valence-electron chi connectivity index (χ2n) is 18.1. The number of carbonyl (C=O) groups excluding carboxylic acids is 1. The van der Waals surface area contributed by atoms with Crippen molar-refractivity contribution in [3.8, 4) is 0 Å². The summed E-state index contributed by atoms with van der Waals surface area (Å²) in [6.45, 7) is 4.19. The van der Waals surface area contributed by atoms with Gasteiger partial charge in [0, 0.05) is 0 Å². The van der Waals surface area contributed by atoms with Gasteiger partial charge in [0.1, 0.15) is 6.10 Å². The molecule has 0 aliphatic rings. The summed E-state index contributed by atoms with van der Waals surface area (Å²) in [6, 6.07) is -0.817. The summed E-state index contributed by atoms with van der Waals surface area (Å²) in [6.07, 6.45) is 63.5. The van der Waals surface area contributed by atoms with Crippen LogP contribution >= 0.6 is 0 Å². The zero-order chi connectivity index (χ0) is 43.0. The van der Waals surface area contributed by atoms with Gasteiger partial charge in [0.15, 0.2) is 0 Å². The molecular weight excluding hydrogens is 727 g/mol. The summed E-state index contributed by atoms with van der Waals surface area (Å²) < 4.78 is 0. The Kier molecular flexibility index (Phi) is 48.0. The van der Waals surface area contributed by atoms with Gasteiger partial charge < -0.3 is 20.6 Å². The first-order valence-corrected chi connectivity index (χ1v) is 26.3. The van der Waals surface area contributed by atoms with Gasteiger partial charge in [0.25, 0.3) is 0 Å². The molecule has 4 N–H and O–H groups in total. The lowest BCUT2D eigenvalue weighted by atomic mass is 10.0. The fraction of sp³-hybridized carbons (Fsp3) is 0.870. The van der Waals surface area contributed by atoms with E-state index in [0.29, 0.717) is 6.42 Å². The highest BCUT2D eigenvalue weighted by molar-refractivity contribution is 5.80. The highest BCUT2D eigenvalue weighted by Crippen LogP contribution is 2.16. The van der Waals surface area contributed by atoms with Crippen LogP contribution in [0.15, 0.2) is 36.5 Å². The maximum atomic E-state index is 12.5. The maximum Gasteiger partial charge on any atom is 0.249 e. The van der Waals surface area contributed by atoms with Crippen molar-refractivity contribution in [1.29, 1.82) is 0 Å². The van der Waals surface area contributed by atoms with Gasteiger partial charge in [-0.2, -0.15) is 0 Å². The highest BCUT2D eigenvalue weighted by Gasteiger charge is 2.22. The van der Waals surface area contributed by atoms with Gasteiger partial charge in [-0.15, -0.1) is 0 Å². The molecule has 0 radical (unpaired) electrons. The highest BCUT2D eigenvalue weighted by atomic mass is 16.3. The number of allylic oxidation sites excluding steroid dienone is 5. The van der Waals surface area contributed by atoms with E-state index in [0.717, 1.165) is 38.5 Å². The Morgan fingerprint density at radius 1 is 0.407 bits per heavy atom. The van der Waals surface area contributed by atoms with Gasteiger partial charge in [-0.1, -0.05) is 256 Å². The third kappa shape index (κ3) is 44.4. The molecule has 0 saturated carbocycles. The second-order valence-corrected chi connectivity index (χ2v) is 18.1. The largest absolute Gasteiger partial charge is 0.394 e. The van der Waals surface area contributed by atoms with Crippen LogP contribution in [0.2, 0.25) is 0 Å². The summed E-state index contributed by atoms with van der Waals surface area (Å²) in [5.74, 6) is -0.515. The second kappa shape index (κ2) is 49.2. The predicted molar refractivity (Wildman–Crippen MR) is 259 cm³/mol.